The molecule has 0 spiro atoms. The molecule has 2 rings (SSSR count). The van der Waals surface area contributed by atoms with E-state index in [1.807, 2.05) is 13.8 Å². The van der Waals surface area contributed by atoms with Gasteiger partial charge in [0.2, 0.25) is 10.0 Å². The fraction of sp³-hybridized carbons (Fsp3) is 0.500. The van der Waals surface area contributed by atoms with Crippen LogP contribution in [0.1, 0.15) is 13.8 Å². The number of nitro benzene ring substituents is 1. The fourth-order valence-corrected chi connectivity index (χ4v) is 4.04. The lowest BCUT2D eigenvalue weighted by Gasteiger charge is -2.35. The predicted octanol–water partition coefficient (Wildman–Crippen LogP) is 1.39. The molecule has 1 fully saturated rings. The van der Waals surface area contributed by atoms with Gasteiger partial charge in [-0.3, -0.25) is 10.1 Å². The van der Waals surface area contributed by atoms with Crippen molar-refractivity contribution >= 4 is 28.1 Å². The molecule has 0 amide bonds. The van der Waals surface area contributed by atoms with Crippen molar-refractivity contribution in [2.24, 2.45) is 0 Å². The van der Waals surface area contributed by atoms with Gasteiger partial charge in [-0.25, -0.2) is 8.42 Å². The zero-order chi connectivity index (χ0) is 14.9. The molecule has 1 N–H and O–H groups in total. The van der Waals surface area contributed by atoms with Crippen molar-refractivity contribution in [2.75, 3.05) is 13.1 Å². The van der Waals surface area contributed by atoms with Crippen LogP contribution in [0.15, 0.2) is 29.2 Å². The van der Waals surface area contributed by atoms with Gasteiger partial charge in [-0.15, -0.1) is 12.4 Å². The summed E-state index contributed by atoms with van der Waals surface area (Å²) < 4.78 is 26.4. The van der Waals surface area contributed by atoms with Crippen LogP contribution < -0.4 is 5.32 Å². The quantitative estimate of drug-likeness (QED) is 0.665. The Bertz CT molecular complexity index is 613. The molecule has 118 valence electrons. The molecule has 1 heterocycles. The number of sulfonamides is 1. The second-order valence-electron chi connectivity index (χ2n) is 5.05. The van der Waals surface area contributed by atoms with Crippen LogP contribution in [0.2, 0.25) is 0 Å². The number of non-ortho nitro benzene ring substituents is 1. The Morgan fingerprint density at radius 3 is 2.38 bits per heavy atom. The average Bonchev–Trinajstić information content (AvgIpc) is 2.37. The molecule has 1 aliphatic rings. The van der Waals surface area contributed by atoms with E-state index in [1.54, 1.807) is 0 Å². The number of hydrogen-bond donors (Lipinski definition) is 1. The van der Waals surface area contributed by atoms with Gasteiger partial charge in [0.05, 0.1) is 9.82 Å². The first-order valence-corrected chi connectivity index (χ1v) is 7.75. The molecule has 0 bridgehead atoms. The summed E-state index contributed by atoms with van der Waals surface area (Å²) in [6.45, 7) is 4.53. The number of hydrogen-bond acceptors (Lipinski definition) is 5. The Kier molecular flexibility index (Phi) is 5.68. The zero-order valence-corrected chi connectivity index (χ0v) is 13.4. The van der Waals surface area contributed by atoms with Crippen molar-refractivity contribution in [3.63, 3.8) is 0 Å². The van der Waals surface area contributed by atoms with E-state index < -0.39 is 14.9 Å². The number of piperazine rings is 1. The smallest absolute Gasteiger partial charge is 0.270 e. The van der Waals surface area contributed by atoms with Gasteiger partial charge in [-0.2, -0.15) is 4.31 Å². The van der Waals surface area contributed by atoms with E-state index >= 15 is 0 Å². The monoisotopic (exact) mass is 335 g/mol. The number of nitro groups is 1. The molecular formula is C12H18ClN3O4S. The summed E-state index contributed by atoms with van der Waals surface area (Å²) in [7, 11) is -3.70. The second-order valence-corrected chi connectivity index (χ2v) is 6.98. The summed E-state index contributed by atoms with van der Waals surface area (Å²) in [4.78, 5) is 10.1. The number of nitrogens with zero attached hydrogens (tertiary/aromatic N) is 2. The molecule has 1 aliphatic heterocycles. The Morgan fingerprint density at radius 2 is 1.86 bits per heavy atom. The van der Waals surface area contributed by atoms with E-state index in [-0.39, 0.29) is 35.1 Å². The van der Waals surface area contributed by atoms with Crippen LogP contribution in [0, 0.1) is 10.1 Å². The zero-order valence-electron chi connectivity index (χ0n) is 11.7. The Labute approximate surface area is 129 Å². The molecule has 1 aromatic carbocycles. The first-order valence-electron chi connectivity index (χ1n) is 6.31. The standard InChI is InChI=1S/C12H17N3O4S.ClH/c1-9-7-14(8-10(2)13-9)20(18,19)12-5-3-4-11(6-12)15(16)17;/h3-6,9-10,13H,7-8H2,1-2H3;1H. The minimum atomic E-state index is -3.70. The van der Waals surface area contributed by atoms with Crippen LogP contribution in [0.25, 0.3) is 0 Å². The van der Waals surface area contributed by atoms with E-state index in [9.17, 15) is 18.5 Å². The molecule has 1 aromatic rings. The van der Waals surface area contributed by atoms with E-state index in [0.717, 1.165) is 6.07 Å². The van der Waals surface area contributed by atoms with Crippen molar-refractivity contribution in [1.82, 2.24) is 9.62 Å². The summed E-state index contributed by atoms with van der Waals surface area (Å²) >= 11 is 0. The van der Waals surface area contributed by atoms with Gasteiger partial charge < -0.3 is 5.32 Å². The lowest BCUT2D eigenvalue weighted by molar-refractivity contribution is -0.385. The Morgan fingerprint density at radius 1 is 1.29 bits per heavy atom. The largest absolute Gasteiger partial charge is 0.309 e. The third-order valence-corrected chi connectivity index (χ3v) is 5.02. The summed E-state index contributed by atoms with van der Waals surface area (Å²) in [6, 6.07) is 5.26. The van der Waals surface area contributed by atoms with Crippen molar-refractivity contribution < 1.29 is 13.3 Å². The lowest BCUT2D eigenvalue weighted by Crippen LogP contribution is -2.55. The maximum atomic E-state index is 12.5. The van der Waals surface area contributed by atoms with Crippen molar-refractivity contribution in [3.8, 4) is 0 Å². The van der Waals surface area contributed by atoms with Crippen molar-refractivity contribution in [1.29, 1.82) is 0 Å². The third-order valence-electron chi connectivity index (χ3n) is 3.19. The maximum absolute atomic E-state index is 12.5. The van der Waals surface area contributed by atoms with Gasteiger partial charge in [0, 0.05) is 37.3 Å². The summed E-state index contributed by atoms with van der Waals surface area (Å²) in [5, 5.41) is 14.0. The lowest BCUT2D eigenvalue weighted by atomic mass is 10.2. The molecule has 0 aromatic heterocycles. The minimum absolute atomic E-state index is 0. The number of nitrogens with one attached hydrogen (secondary N) is 1. The maximum Gasteiger partial charge on any atom is 0.270 e. The molecule has 7 nitrogen and oxygen atoms in total. The van der Waals surface area contributed by atoms with Crippen molar-refractivity contribution in [2.45, 2.75) is 30.8 Å². The number of rotatable bonds is 3. The van der Waals surface area contributed by atoms with Crippen LogP contribution in [-0.4, -0.2) is 42.8 Å². The molecule has 9 heteroatoms. The highest BCUT2D eigenvalue weighted by Gasteiger charge is 2.31. The summed E-state index contributed by atoms with van der Waals surface area (Å²) in [6.07, 6.45) is 0. The van der Waals surface area contributed by atoms with Crippen LogP contribution in [0.3, 0.4) is 0 Å². The number of halogens is 1. The van der Waals surface area contributed by atoms with E-state index in [0.29, 0.717) is 13.1 Å². The van der Waals surface area contributed by atoms with Crippen LogP contribution in [0.5, 0.6) is 0 Å². The van der Waals surface area contributed by atoms with E-state index in [4.69, 9.17) is 0 Å². The summed E-state index contributed by atoms with van der Waals surface area (Å²) in [5.74, 6) is 0. The van der Waals surface area contributed by atoms with Crippen LogP contribution >= 0.6 is 12.4 Å². The van der Waals surface area contributed by atoms with Gasteiger partial charge >= 0.3 is 0 Å². The fourth-order valence-electron chi connectivity index (χ4n) is 2.38. The van der Waals surface area contributed by atoms with Gasteiger partial charge in [-0.1, -0.05) is 6.07 Å². The molecular weight excluding hydrogens is 318 g/mol. The second kappa shape index (κ2) is 6.69. The molecule has 0 saturated carbocycles. The number of benzene rings is 1. The van der Waals surface area contributed by atoms with Crippen molar-refractivity contribution in [3.05, 3.63) is 34.4 Å². The molecule has 21 heavy (non-hydrogen) atoms. The van der Waals surface area contributed by atoms with Gasteiger partial charge in [0.15, 0.2) is 0 Å². The first kappa shape index (κ1) is 17.8. The van der Waals surface area contributed by atoms with Gasteiger partial charge in [0.1, 0.15) is 0 Å². The highest BCUT2D eigenvalue weighted by Crippen LogP contribution is 2.22. The first-order chi connectivity index (χ1) is 9.30. The average molecular weight is 336 g/mol. The molecule has 1 saturated heterocycles. The SMILES string of the molecule is CC1CN(S(=O)(=O)c2cccc([N+](=O)[O-])c2)CC(C)N1.Cl. The van der Waals surface area contributed by atoms with Crippen LogP contribution in [0.4, 0.5) is 5.69 Å². The van der Waals surface area contributed by atoms with Crippen LogP contribution in [-0.2, 0) is 10.0 Å². The third kappa shape index (κ3) is 3.91. The summed E-state index contributed by atoms with van der Waals surface area (Å²) in [5.41, 5.74) is -0.220. The predicted molar refractivity (Wildman–Crippen MR) is 81.2 cm³/mol. The molecule has 2 unspecified atom stereocenters. The topological polar surface area (TPSA) is 92.5 Å². The minimum Gasteiger partial charge on any atom is -0.309 e. The molecule has 2 atom stereocenters. The highest BCUT2D eigenvalue weighted by molar-refractivity contribution is 7.89. The van der Waals surface area contributed by atoms with E-state index in [1.165, 1.54) is 22.5 Å². The molecule has 0 radical (unpaired) electrons. The molecule has 0 aliphatic carbocycles. The Balaban J connectivity index is 0.00000220. The highest BCUT2D eigenvalue weighted by atomic mass is 35.5. The normalized spacial score (nSPS) is 23.3. The van der Waals surface area contributed by atoms with Gasteiger partial charge in [0.25, 0.3) is 5.69 Å². The van der Waals surface area contributed by atoms with Gasteiger partial charge in [-0.05, 0) is 19.9 Å². The Hall–Kier alpha value is -1.22. The van der Waals surface area contributed by atoms with E-state index in [2.05, 4.69) is 5.32 Å².